The molecule has 0 radical (unpaired) electrons. The van der Waals surface area contributed by atoms with E-state index in [4.69, 9.17) is 10.2 Å². The number of rotatable bonds is 6. The smallest absolute Gasteiger partial charge is 0.309 e. The van der Waals surface area contributed by atoms with Crippen molar-refractivity contribution in [3.05, 3.63) is 42.0 Å². The molecule has 2 heterocycles. The molecule has 0 bridgehead atoms. The van der Waals surface area contributed by atoms with Gasteiger partial charge in [0.15, 0.2) is 9.84 Å². The Balaban J connectivity index is 0.00000342. The zero-order valence-corrected chi connectivity index (χ0v) is 20.2. The summed E-state index contributed by atoms with van der Waals surface area (Å²) in [5, 5.41) is 10.2. The summed E-state index contributed by atoms with van der Waals surface area (Å²) < 4.78 is 30.4. The number of aromatic nitrogens is 4. The highest BCUT2D eigenvalue weighted by atomic mass is 32.2. The lowest BCUT2D eigenvalue weighted by molar-refractivity contribution is 0.0886. The van der Waals surface area contributed by atoms with E-state index in [0.29, 0.717) is 22.6 Å². The van der Waals surface area contributed by atoms with Crippen LogP contribution in [0.1, 0.15) is 61.6 Å². The molecule has 2 aromatic heterocycles. The summed E-state index contributed by atoms with van der Waals surface area (Å²) in [5.41, 5.74) is 8.19. The minimum absolute atomic E-state index is 0. The second-order valence-electron chi connectivity index (χ2n) is 8.75. The molecule has 3 aromatic rings. The van der Waals surface area contributed by atoms with Crippen LogP contribution in [0.25, 0.3) is 22.8 Å². The van der Waals surface area contributed by atoms with E-state index >= 15 is 0 Å². The Labute approximate surface area is 204 Å². The minimum Gasteiger partial charge on any atom is -0.411 e. The summed E-state index contributed by atoms with van der Waals surface area (Å²) in [7, 11) is -3.37. The first-order valence-electron chi connectivity index (χ1n) is 11.2. The number of benzene rings is 1. The van der Waals surface area contributed by atoms with Crippen molar-refractivity contribution in [1.82, 2.24) is 25.5 Å². The van der Waals surface area contributed by atoms with Gasteiger partial charge in [0.1, 0.15) is 5.69 Å². The average molecular weight is 493 g/mol. The molecule has 1 aromatic carbocycles. The van der Waals surface area contributed by atoms with Gasteiger partial charge in [0.05, 0.1) is 27.7 Å². The molecule has 1 amide bonds. The molecule has 0 spiro atoms. The van der Waals surface area contributed by atoms with Crippen molar-refractivity contribution in [2.75, 3.05) is 0 Å². The molecule has 34 heavy (non-hydrogen) atoms. The Morgan fingerprint density at radius 3 is 2.56 bits per heavy atom. The topological polar surface area (TPSA) is 154 Å². The molecule has 1 fully saturated rings. The predicted octanol–water partition coefficient (Wildman–Crippen LogP) is 3.67. The predicted molar refractivity (Wildman–Crippen MR) is 134 cm³/mol. The lowest BCUT2D eigenvalue weighted by Gasteiger charge is -2.28. The molecule has 2 unspecified atom stereocenters. The number of nitrogens with zero attached hydrogens (tertiary/aromatic N) is 4. The molecule has 0 aliphatic heterocycles. The van der Waals surface area contributed by atoms with Crippen molar-refractivity contribution in [2.24, 2.45) is 5.73 Å². The van der Waals surface area contributed by atoms with Crippen molar-refractivity contribution in [3.8, 4) is 22.8 Å². The molecule has 2 atom stereocenters. The molecule has 188 valence electrons. The van der Waals surface area contributed by atoms with Crippen molar-refractivity contribution in [1.29, 1.82) is 0 Å². The molecular formula is C23H36N6O4S. The van der Waals surface area contributed by atoms with E-state index in [0.717, 1.165) is 25.7 Å². The van der Waals surface area contributed by atoms with Crippen LogP contribution in [0.5, 0.6) is 0 Å². The minimum atomic E-state index is -3.37. The molecule has 3 N–H and O–H groups in total. The molecule has 1 aliphatic carbocycles. The highest BCUT2D eigenvalue weighted by Gasteiger charge is 2.26. The van der Waals surface area contributed by atoms with Crippen LogP contribution in [0.15, 0.2) is 39.8 Å². The van der Waals surface area contributed by atoms with Crippen LogP contribution < -0.4 is 11.1 Å². The monoisotopic (exact) mass is 492 g/mol. The van der Waals surface area contributed by atoms with Gasteiger partial charge in [0.25, 0.3) is 5.89 Å². The SMILES string of the molecule is Cc1ncc(-c2ccc(S(=O)(=O)C(C)C)cc2)nc1-c1nnc(C(=O)NC2CCCCC2N)o1.[HH].[HH].[HH].[HH]. The van der Waals surface area contributed by atoms with Crippen LogP contribution in [0.4, 0.5) is 0 Å². The van der Waals surface area contributed by atoms with Crippen LogP contribution in [0.2, 0.25) is 0 Å². The maximum absolute atomic E-state index is 12.6. The summed E-state index contributed by atoms with van der Waals surface area (Å²) in [6.07, 6.45) is 5.34. The molecule has 1 aliphatic rings. The van der Waals surface area contributed by atoms with Gasteiger partial charge in [-0.25, -0.2) is 13.4 Å². The van der Waals surface area contributed by atoms with E-state index < -0.39 is 21.0 Å². The lowest BCUT2D eigenvalue weighted by Crippen LogP contribution is -2.49. The first-order valence-corrected chi connectivity index (χ1v) is 12.8. The van der Waals surface area contributed by atoms with Gasteiger partial charge in [-0.1, -0.05) is 25.0 Å². The number of carbonyl (C=O) groups is 1. The largest absolute Gasteiger partial charge is 0.411 e. The van der Waals surface area contributed by atoms with Gasteiger partial charge >= 0.3 is 11.8 Å². The normalized spacial score (nSPS) is 18.7. The number of hydrogen-bond donors (Lipinski definition) is 2. The maximum Gasteiger partial charge on any atom is 0.309 e. The van der Waals surface area contributed by atoms with Crippen LogP contribution in [0.3, 0.4) is 0 Å². The third-order valence-electron chi connectivity index (χ3n) is 6.01. The maximum atomic E-state index is 12.6. The lowest BCUT2D eigenvalue weighted by atomic mass is 9.91. The van der Waals surface area contributed by atoms with Crippen molar-refractivity contribution < 1.29 is 23.3 Å². The number of nitrogens with one attached hydrogen (secondary N) is 1. The Morgan fingerprint density at radius 2 is 1.88 bits per heavy atom. The van der Waals surface area contributed by atoms with E-state index in [9.17, 15) is 13.2 Å². The summed E-state index contributed by atoms with van der Waals surface area (Å²) in [5.74, 6) is -0.559. The van der Waals surface area contributed by atoms with Crippen molar-refractivity contribution in [3.63, 3.8) is 0 Å². The van der Waals surface area contributed by atoms with Gasteiger partial charge < -0.3 is 15.5 Å². The third kappa shape index (κ3) is 4.85. The summed E-state index contributed by atoms with van der Waals surface area (Å²) in [4.78, 5) is 21.8. The fourth-order valence-corrected chi connectivity index (χ4v) is 4.92. The van der Waals surface area contributed by atoms with Gasteiger partial charge in [-0.3, -0.25) is 9.78 Å². The second-order valence-corrected chi connectivity index (χ2v) is 11.3. The molecule has 11 heteroatoms. The first-order chi connectivity index (χ1) is 16.2. The third-order valence-corrected chi connectivity index (χ3v) is 8.18. The van der Waals surface area contributed by atoms with Gasteiger partial charge in [-0.15, -0.1) is 10.2 Å². The number of carbonyl (C=O) groups excluding carboxylic acids is 1. The van der Waals surface area contributed by atoms with E-state index in [-0.39, 0.29) is 34.5 Å². The first kappa shape index (κ1) is 24.0. The zero-order chi connectivity index (χ0) is 24.5. The summed E-state index contributed by atoms with van der Waals surface area (Å²) >= 11 is 0. The fraction of sp³-hybridized carbons (Fsp3) is 0.435. The average Bonchev–Trinajstić information content (AvgIpc) is 3.31. The van der Waals surface area contributed by atoms with Gasteiger partial charge in [0, 0.05) is 23.4 Å². The number of hydrogen-bond acceptors (Lipinski definition) is 9. The Hall–Kier alpha value is -3.18. The van der Waals surface area contributed by atoms with Crippen LogP contribution in [-0.2, 0) is 9.84 Å². The quantitative estimate of drug-likeness (QED) is 0.524. The fourth-order valence-electron chi connectivity index (χ4n) is 3.86. The van der Waals surface area contributed by atoms with Crippen LogP contribution in [-0.4, -0.2) is 51.8 Å². The summed E-state index contributed by atoms with van der Waals surface area (Å²) in [6, 6.07) is 6.25. The zero-order valence-electron chi connectivity index (χ0n) is 19.4. The molecule has 10 nitrogen and oxygen atoms in total. The van der Waals surface area contributed by atoms with E-state index in [2.05, 4.69) is 25.5 Å². The highest BCUT2D eigenvalue weighted by Crippen LogP contribution is 2.26. The summed E-state index contributed by atoms with van der Waals surface area (Å²) in [6.45, 7) is 5.03. The Kier molecular flexibility index (Phi) is 6.76. The van der Waals surface area contributed by atoms with E-state index in [1.165, 1.54) is 0 Å². The number of aryl methyl sites for hydroxylation is 1. The molecule has 1 saturated carbocycles. The highest BCUT2D eigenvalue weighted by molar-refractivity contribution is 7.92. The van der Waals surface area contributed by atoms with Gasteiger partial charge in [0.2, 0.25) is 0 Å². The Bertz CT molecular complexity index is 1310. The van der Waals surface area contributed by atoms with Crippen molar-refractivity contribution in [2.45, 2.75) is 68.7 Å². The standard InChI is InChI=1S/C23H28N6O4S.4H2/c1-13(2)34(31,32)16-10-8-15(9-11-16)19-12-25-14(3)20(26-19)22-28-29-23(33-22)21(30)27-18-7-5-4-6-17(18)24;;;;/h8-13,17-18H,4-7,24H2,1-3H3,(H,27,30);4*1H. The number of amides is 1. The molecule has 0 saturated heterocycles. The number of sulfone groups is 1. The van der Waals surface area contributed by atoms with Gasteiger partial charge in [-0.05, 0) is 45.7 Å². The molecule has 4 rings (SSSR count). The van der Waals surface area contributed by atoms with E-state index in [1.54, 1.807) is 51.2 Å². The van der Waals surface area contributed by atoms with E-state index in [1.807, 2.05) is 0 Å². The Morgan fingerprint density at radius 1 is 1.18 bits per heavy atom. The number of nitrogens with two attached hydrogens (primary N) is 1. The van der Waals surface area contributed by atoms with Crippen LogP contribution in [0, 0.1) is 6.92 Å². The van der Waals surface area contributed by atoms with Crippen LogP contribution >= 0.6 is 0 Å². The van der Waals surface area contributed by atoms with Crippen molar-refractivity contribution >= 4 is 15.7 Å². The molecular weight excluding hydrogens is 456 g/mol. The second kappa shape index (κ2) is 9.59. The van der Waals surface area contributed by atoms with Gasteiger partial charge in [-0.2, -0.15) is 0 Å².